The standard InChI is InChI=1S/C18H27BrN2O/c1-14-11-21(12-15(2)22-14)18-6-8-20(9-7-18)13-16-4-3-5-17(19)10-16/h3-5,10,14-15,18H,6-9,11-13H2,1-2H3/p+2/t14-,15+. The molecular weight excluding hydrogens is 340 g/mol. The molecule has 0 bridgehead atoms. The third-order valence-electron chi connectivity index (χ3n) is 5.18. The Morgan fingerprint density at radius 3 is 2.45 bits per heavy atom. The van der Waals surface area contributed by atoms with Gasteiger partial charge < -0.3 is 14.5 Å². The summed E-state index contributed by atoms with van der Waals surface area (Å²) in [4.78, 5) is 3.52. The lowest BCUT2D eigenvalue weighted by molar-refractivity contribution is -0.970. The van der Waals surface area contributed by atoms with Gasteiger partial charge >= 0.3 is 0 Å². The average Bonchev–Trinajstić information content (AvgIpc) is 2.47. The van der Waals surface area contributed by atoms with Crippen molar-refractivity contribution in [3.05, 3.63) is 34.3 Å². The number of ether oxygens (including phenoxy) is 1. The molecule has 1 unspecified atom stereocenters. The molecule has 0 amide bonds. The van der Waals surface area contributed by atoms with Gasteiger partial charge in [-0.1, -0.05) is 28.1 Å². The second-order valence-electron chi connectivity index (χ2n) is 7.15. The molecule has 0 spiro atoms. The van der Waals surface area contributed by atoms with Crippen molar-refractivity contribution in [3.8, 4) is 0 Å². The normalized spacial score (nSPS) is 36.2. The van der Waals surface area contributed by atoms with E-state index in [0.717, 1.165) is 12.6 Å². The van der Waals surface area contributed by atoms with Gasteiger partial charge in [0.1, 0.15) is 31.8 Å². The molecule has 0 saturated carbocycles. The number of halogens is 1. The SMILES string of the molecule is C[C@@H]1C[NH+](C2CC[NH+](Cc3cccc(Br)c3)CC2)C[C@H](C)O1. The number of nitrogens with one attached hydrogen (secondary N) is 2. The molecule has 2 heterocycles. The fraction of sp³-hybridized carbons (Fsp3) is 0.667. The molecule has 22 heavy (non-hydrogen) atoms. The summed E-state index contributed by atoms with van der Waals surface area (Å²) in [6.45, 7) is 10.6. The second kappa shape index (κ2) is 7.43. The zero-order valence-electron chi connectivity index (χ0n) is 13.8. The van der Waals surface area contributed by atoms with Crippen molar-refractivity contribution in [2.45, 2.75) is 51.5 Å². The van der Waals surface area contributed by atoms with Crippen LogP contribution in [0.5, 0.6) is 0 Å². The molecule has 3 nitrogen and oxygen atoms in total. The number of hydrogen-bond donors (Lipinski definition) is 2. The lowest BCUT2D eigenvalue weighted by atomic mass is 10.0. The van der Waals surface area contributed by atoms with Crippen molar-refractivity contribution in [2.75, 3.05) is 26.2 Å². The van der Waals surface area contributed by atoms with Gasteiger partial charge in [-0.15, -0.1) is 0 Å². The Morgan fingerprint density at radius 2 is 1.82 bits per heavy atom. The molecule has 4 heteroatoms. The maximum absolute atomic E-state index is 5.89. The quantitative estimate of drug-likeness (QED) is 0.803. The number of rotatable bonds is 3. The van der Waals surface area contributed by atoms with Gasteiger partial charge in [-0.05, 0) is 26.0 Å². The van der Waals surface area contributed by atoms with E-state index in [1.165, 1.54) is 49.1 Å². The third kappa shape index (κ3) is 4.31. The van der Waals surface area contributed by atoms with Crippen molar-refractivity contribution < 1.29 is 14.5 Å². The lowest BCUT2D eigenvalue weighted by Crippen LogP contribution is -3.22. The number of hydrogen-bond acceptors (Lipinski definition) is 1. The minimum Gasteiger partial charge on any atom is -0.364 e. The van der Waals surface area contributed by atoms with Crippen LogP contribution in [-0.4, -0.2) is 44.4 Å². The summed E-state index contributed by atoms with van der Waals surface area (Å²) >= 11 is 3.58. The average molecular weight is 369 g/mol. The zero-order valence-corrected chi connectivity index (χ0v) is 15.4. The summed E-state index contributed by atoms with van der Waals surface area (Å²) in [5, 5.41) is 0. The van der Waals surface area contributed by atoms with Crippen LogP contribution in [0.2, 0.25) is 0 Å². The van der Waals surface area contributed by atoms with E-state index in [2.05, 4.69) is 54.0 Å². The molecule has 0 radical (unpaired) electrons. The van der Waals surface area contributed by atoms with E-state index < -0.39 is 0 Å². The molecule has 2 aliphatic heterocycles. The molecule has 0 aliphatic carbocycles. The van der Waals surface area contributed by atoms with Crippen LogP contribution in [0.1, 0.15) is 32.3 Å². The second-order valence-corrected chi connectivity index (χ2v) is 8.07. The van der Waals surface area contributed by atoms with Gasteiger partial charge in [0.25, 0.3) is 0 Å². The van der Waals surface area contributed by atoms with Crippen LogP contribution in [0.4, 0.5) is 0 Å². The van der Waals surface area contributed by atoms with Gasteiger partial charge in [-0.2, -0.15) is 0 Å². The summed E-state index contributed by atoms with van der Waals surface area (Å²) in [6, 6.07) is 9.61. The Morgan fingerprint density at radius 1 is 1.14 bits per heavy atom. The minimum absolute atomic E-state index is 0.422. The maximum atomic E-state index is 5.89. The van der Waals surface area contributed by atoms with E-state index in [4.69, 9.17) is 4.74 Å². The van der Waals surface area contributed by atoms with E-state index in [0.29, 0.717) is 12.2 Å². The third-order valence-corrected chi connectivity index (χ3v) is 5.67. The first-order chi connectivity index (χ1) is 10.6. The largest absolute Gasteiger partial charge is 0.364 e. The molecule has 2 aliphatic rings. The summed E-state index contributed by atoms with van der Waals surface area (Å²) in [5.74, 6) is 0. The summed E-state index contributed by atoms with van der Waals surface area (Å²) in [6.07, 6.45) is 3.56. The van der Waals surface area contributed by atoms with Crippen LogP contribution in [-0.2, 0) is 11.3 Å². The van der Waals surface area contributed by atoms with Gasteiger partial charge in [0, 0.05) is 22.9 Å². The predicted molar refractivity (Wildman–Crippen MR) is 92.3 cm³/mol. The Kier molecular flexibility index (Phi) is 5.55. The van der Waals surface area contributed by atoms with Crippen LogP contribution in [0.3, 0.4) is 0 Å². The van der Waals surface area contributed by atoms with Gasteiger partial charge in [0.05, 0.1) is 19.1 Å². The lowest BCUT2D eigenvalue weighted by Gasteiger charge is -2.39. The van der Waals surface area contributed by atoms with Gasteiger partial charge in [0.15, 0.2) is 0 Å². The van der Waals surface area contributed by atoms with Crippen LogP contribution < -0.4 is 9.80 Å². The molecule has 2 fully saturated rings. The Bertz CT molecular complexity index is 478. The van der Waals surface area contributed by atoms with E-state index >= 15 is 0 Å². The Balaban J connectivity index is 1.50. The van der Waals surface area contributed by atoms with Crippen molar-refractivity contribution in [1.29, 1.82) is 0 Å². The number of quaternary nitrogens is 2. The van der Waals surface area contributed by atoms with Gasteiger partial charge in [-0.25, -0.2) is 0 Å². The molecule has 3 rings (SSSR count). The molecule has 3 atom stereocenters. The van der Waals surface area contributed by atoms with Crippen LogP contribution in [0, 0.1) is 0 Å². The molecule has 2 saturated heterocycles. The molecule has 0 aromatic heterocycles. The Labute approximate surface area is 142 Å². The van der Waals surface area contributed by atoms with Crippen molar-refractivity contribution in [1.82, 2.24) is 0 Å². The van der Waals surface area contributed by atoms with E-state index in [1.54, 1.807) is 9.80 Å². The summed E-state index contributed by atoms with van der Waals surface area (Å²) < 4.78 is 7.08. The molecule has 122 valence electrons. The highest BCUT2D eigenvalue weighted by molar-refractivity contribution is 9.10. The number of benzene rings is 1. The fourth-order valence-electron chi connectivity index (χ4n) is 4.19. The number of morpholine rings is 1. The topological polar surface area (TPSA) is 18.1 Å². The smallest absolute Gasteiger partial charge is 0.104 e. The van der Waals surface area contributed by atoms with Crippen LogP contribution in [0.15, 0.2) is 28.7 Å². The zero-order chi connectivity index (χ0) is 15.5. The van der Waals surface area contributed by atoms with E-state index in [-0.39, 0.29) is 0 Å². The first-order valence-electron chi connectivity index (χ1n) is 8.68. The highest BCUT2D eigenvalue weighted by Crippen LogP contribution is 2.11. The molecular formula is C18H29BrN2O+2. The minimum atomic E-state index is 0.422. The van der Waals surface area contributed by atoms with Crippen LogP contribution in [0.25, 0.3) is 0 Å². The number of likely N-dealkylation sites (tertiary alicyclic amines) is 1. The Hall–Kier alpha value is -0.420. The fourth-order valence-corrected chi connectivity index (χ4v) is 4.64. The maximum Gasteiger partial charge on any atom is 0.104 e. The highest BCUT2D eigenvalue weighted by Gasteiger charge is 2.34. The summed E-state index contributed by atoms with van der Waals surface area (Å²) in [7, 11) is 0. The molecule has 1 aromatic carbocycles. The van der Waals surface area contributed by atoms with E-state index in [1.807, 2.05) is 0 Å². The first-order valence-corrected chi connectivity index (χ1v) is 9.47. The van der Waals surface area contributed by atoms with Gasteiger partial charge in [-0.3, -0.25) is 0 Å². The van der Waals surface area contributed by atoms with Gasteiger partial charge in [0.2, 0.25) is 0 Å². The highest BCUT2D eigenvalue weighted by atomic mass is 79.9. The molecule has 1 aromatic rings. The number of piperidine rings is 1. The van der Waals surface area contributed by atoms with Crippen molar-refractivity contribution in [3.63, 3.8) is 0 Å². The monoisotopic (exact) mass is 368 g/mol. The predicted octanol–water partition coefficient (Wildman–Crippen LogP) is 0.689. The molecule has 2 N–H and O–H groups in total. The summed E-state index contributed by atoms with van der Waals surface area (Å²) in [5.41, 5.74) is 1.45. The van der Waals surface area contributed by atoms with E-state index in [9.17, 15) is 0 Å². The van der Waals surface area contributed by atoms with Crippen molar-refractivity contribution >= 4 is 15.9 Å². The van der Waals surface area contributed by atoms with Crippen molar-refractivity contribution in [2.24, 2.45) is 0 Å². The first kappa shape index (κ1) is 16.4. The van der Waals surface area contributed by atoms with Crippen LogP contribution >= 0.6 is 15.9 Å².